The van der Waals surface area contributed by atoms with Crippen molar-refractivity contribution in [3.63, 3.8) is 0 Å². The molecule has 0 aromatic heterocycles. The number of piperidine rings is 1. The van der Waals surface area contributed by atoms with Gasteiger partial charge in [0.25, 0.3) is 0 Å². The first kappa shape index (κ1) is 12.9. The first-order valence-corrected chi connectivity index (χ1v) is 7.20. The zero-order chi connectivity index (χ0) is 12.1. The standard InChI is InChI=1S/C15H26N2/c1-2-3-9-14(16)15(10-5-6-11-15)17-12-7-4-8-13-17/h14H,4-13,16H2,1H3. The van der Waals surface area contributed by atoms with Crippen LogP contribution in [0.15, 0.2) is 0 Å². The second kappa shape index (κ2) is 5.89. The Balaban J connectivity index is 2.09. The molecule has 2 rings (SSSR count). The molecule has 0 amide bonds. The van der Waals surface area contributed by atoms with Gasteiger partial charge in [0.15, 0.2) is 0 Å². The largest absolute Gasteiger partial charge is 0.325 e. The molecule has 1 saturated heterocycles. The summed E-state index contributed by atoms with van der Waals surface area (Å²) in [6.07, 6.45) is 10.3. The quantitative estimate of drug-likeness (QED) is 0.760. The second-order valence-electron chi connectivity index (χ2n) is 5.60. The molecule has 0 spiro atoms. The van der Waals surface area contributed by atoms with Crippen molar-refractivity contribution in [3.8, 4) is 11.8 Å². The number of nitrogens with two attached hydrogens (primary N) is 1. The Morgan fingerprint density at radius 1 is 1.12 bits per heavy atom. The molecule has 1 aliphatic carbocycles. The highest BCUT2D eigenvalue weighted by Gasteiger charge is 2.44. The topological polar surface area (TPSA) is 29.3 Å². The number of hydrogen-bond acceptors (Lipinski definition) is 2. The van der Waals surface area contributed by atoms with E-state index in [4.69, 9.17) is 5.73 Å². The van der Waals surface area contributed by atoms with Gasteiger partial charge in [-0.25, -0.2) is 0 Å². The van der Waals surface area contributed by atoms with Gasteiger partial charge in [-0.15, -0.1) is 11.8 Å². The lowest BCUT2D eigenvalue weighted by atomic mass is 9.83. The third-order valence-electron chi connectivity index (χ3n) is 4.64. The van der Waals surface area contributed by atoms with Crippen molar-refractivity contribution in [3.05, 3.63) is 0 Å². The van der Waals surface area contributed by atoms with Crippen molar-refractivity contribution in [2.75, 3.05) is 13.1 Å². The monoisotopic (exact) mass is 234 g/mol. The van der Waals surface area contributed by atoms with Gasteiger partial charge in [0.2, 0.25) is 0 Å². The van der Waals surface area contributed by atoms with Crippen LogP contribution in [0.3, 0.4) is 0 Å². The van der Waals surface area contributed by atoms with Crippen LogP contribution in [0.1, 0.15) is 58.3 Å². The smallest absolute Gasteiger partial charge is 0.0369 e. The Kier molecular flexibility index (Phi) is 4.48. The summed E-state index contributed by atoms with van der Waals surface area (Å²) in [7, 11) is 0. The van der Waals surface area contributed by atoms with Crippen LogP contribution in [0, 0.1) is 11.8 Å². The van der Waals surface area contributed by atoms with Gasteiger partial charge < -0.3 is 5.73 Å². The van der Waals surface area contributed by atoms with E-state index < -0.39 is 0 Å². The number of nitrogens with zero attached hydrogens (tertiary/aromatic N) is 1. The van der Waals surface area contributed by atoms with Crippen molar-refractivity contribution < 1.29 is 0 Å². The lowest BCUT2D eigenvalue weighted by molar-refractivity contribution is 0.0494. The molecule has 0 aromatic rings. The normalized spacial score (nSPS) is 26.2. The molecule has 1 unspecified atom stereocenters. The Morgan fingerprint density at radius 3 is 2.35 bits per heavy atom. The average molecular weight is 234 g/mol. The molecular weight excluding hydrogens is 208 g/mol. The molecule has 0 radical (unpaired) electrons. The van der Waals surface area contributed by atoms with Gasteiger partial charge in [0.05, 0.1) is 0 Å². The van der Waals surface area contributed by atoms with Crippen LogP contribution in [0.2, 0.25) is 0 Å². The molecule has 2 aliphatic rings. The number of hydrogen-bond donors (Lipinski definition) is 1. The molecule has 0 aromatic carbocycles. The molecule has 1 heterocycles. The van der Waals surface area contributed by atoms with Crippen LogP contribution >= 0.6 is 0 Å². The van der Waals surface area contributed by atoms with Gasteiger partial charge in [-0.2, -0.15) is 0 Å². The van der Waals surface area contributed by atoms with Gasteiger partial charge >= 0.3 is 0 Å². The van der Waals surface area contributed by atoms with E-state index in [0.29, 0.717) is 0 Å². The molecule has 17 heavy (non-hydrogen) atoms. The van der Waals surface area contributed by atoms with Crippen LogP contribution in [0.5, 0.6) is 0 Å². The maximum Gasteiger partial charge on any atom is 0.0369 e. The maximum atomic E-state index is 6.49. The molecule has 1 atom stereocenters. The molecule has 2 heteroatoms. The highest BCUT2D eigenvalue weighted by molar-refractivity contribution is 5.08. The molecule has 1 aliphatic heterocycles. The van der Waals surface area contributed by atoms with Gasteiger partial charge in [-0.05, 0) is 45.7 Å². The van der Waals surface area contributed by atoms with E-state index in [1.54, 1.807) is 0 Å². The number of rotatable bonds is 3. The van der Waals surface area contributed by atoms with Crippen LogP contribution < -0.4 is 5.73 Å². The Labute approximate surface area is 106 Å². The van der Waals surface area contributed by atoms with Crippen LogP contribution in [-0.4, -0.2) is 29.6 Å². The molecule has 96 valence electrons. The summed E-state index contributed by atoms with van der Waals surface area (Å²) in [5, 5.41) is 0. The highest BCUT2D eigenvalue weighted by atomic mass is 15.2. The first-order valence-electron chi connectivity index (χ1n) is 7.20. The summed E-state index contributed by atoms with van der Waals surface area (Å²) in [4.78, 5) is 2.70. The lowest BCUT2D eigenvalue weighted by Crippen LogP contribution is -2.59. The first-order chi connectivity index (χ1) is 8.29. The molecule has 0 bridgehead atoms. The summed E-state index contributed by atoms with van der Waals surface area (Å²) in [5.74, 6) is 6.18. The van der Waals surface area contributed by atoms with Gasteiger partial charge in [0.1, 0.15) is 0 Å². The van der Waals surface area contributed by atoms with E-state index in [2.05, 4.69) is 16.7 Å². The second-order valence-corrected chi connectivity index (χ2v) is 5.60. The summed E-state index contributed by atoms with van der Waals surface area (Å²) >= 11 is 0. The molecule has 2 fully saturated rings. The third-order valence-corrected chi connectivity index (χ3v) is 4.64. The van der Waals surface area contributed by atoms with Crippen LogP contribution in [-0.2, 0) is 0 Å². The fraction of sp³-hybridized carbons (Fsp3) is 0.867. The van der Waals surface area contributed by atoms with Gasteiger partial charge in [-0.1, -0.05) is 19.3 Å². The van der Waals surface area contributed by atoms with E-state index >= 15 is 0 Å². The molecule has 1 saturated carbocycles. The van der Waals surface area contributed by atoms with E-state index in [0.717, 1.165) is 6.42 Å². The van der Waals surface area contributed by atoms with Crippen molar-refractivity contribution in [2.24, 2.45) is 5.73 Å². The van der Waals surface area contributed by atoms with Crippen molar-refractivity contribution in [1.82, 2.24) is 4.90 Å². The Bertz CT molecular complexity index is 288. The van der Waals surface area contributed by atoms with E-state index in [-0.39, 0.29) is 11.6 Å². The summed E-state index contributed by atoms with van der Waals surface area (Å²) in [5.41, 5.74) is 6.77. The van der Waals surface area contributed by atoms with Crippen LogP contribution in [0.4, 0.5) is 0 Å². The summed E-state index contributed by atoms with van der Waals surface area (Å²) in [6.45, 7) is 4.43. The van der Waals surface area contributed by atoms with E-state index in [1.165, 1.54) is 58.0 Å². The third kappa shape index (κ3) is 2.67. The highest BCUT2D eigenvalue weighted by Crippen LogP contribution is 2.39. The SMILES string of the molecule is CC#CCC(N)C1(N2CCCCC2)CCCC1. The Morgan fingerprint density at radius 2 is 1.76 bits per heavy atom. The molecular formula is C15H26N2. The van der Waals surface area contributed by atoms with Crippen molar-refractivity contribution in [2.45, 2.75) is 69.9 Å². The average Bonchev–Trinajstić information content (AvgIpc) is 2.87. The van der Waals surface area contributed by atoms with E-state index in [9.17, 15) is 0 Å². The fourth-order valence-electron chi connectivity index (χ4n) is 3.65. The lowest BCUT2D eigenvalue weighted by Gasteiger charge is -2.47. The van der Waals surface area contributed by atoms with Crippen LogP contribution in [0.25, 0.3) is 0 Å². The fourth-order valence-corrected chi connectivity index (χ4v) is 3.65. The number of likely N-dealkylation sites (tertiary alicyclic amines) is 1. The summed E-state index contributed by atoms with van der Waals surface area (Å²) in [6, 6.07) is 0.246. The minimum Gasteiger partial charge on any atom is -0.325 e. The zero-order valence-corrected chi connectivity index (χ0v) is 11.2. The van der Waals surface area contributed by atoms with Crippen molar-refractivity contribution in [1.29, 1.82) is 0 Å². The predicted molar refractivity (Wildman–Crippen MR) is 72.7 cm³/mol. The Hall–Kier alpha value is -0.520. The van der Waals surface area contributed by atoms with Gasteiger partial charge in [0, 0.05) is 18.0 Å². The van der Waals surface area contributed by atoms with E-state index in [1.807, 2.05) is 6.92 Å². The summed E-state index contributed by atoms with van der Waals surface area (Å²) < 4.78 is 0. The minimum absolute atomic E-state index is 0.246. The van der Waals surface area contributed by atoms with Crippen molar-refractivity contribution >= 4 is 0 Å². The predicted octanol–water partition coefficient (Wildman–Crippen LogP) is 2.53. The molecule has 2 nitrogen and oxygen atoms in total. The zero-order valence-electron chi connectivity index (χ0n) is 11.2. The maximum absolute atomic E-state index is 6.49. The van der Waals surface area contributed by atoms with Gasteiger partial charge in [-0.3, -0.25) is 4.90 Å². The minimum atomic E-state index is 0.246. The molecule has 2 N–H and O–H groups in total.